The number of carbonyl (C=O) groups is 2. The molecule has 0 radical (unpaired) electrons. The zero-order valence-corrected chi connectivity index (χ0v) is 16.2. The van der Waals surface area contributed by atoms with Gasteiger partial charge in [0.25, 0.3) is 0 Å². The van der Waals surface area contributed by atoms with Crippen LogP contribution in [0.3, 0.4) is 0 Å². The first kappa shape index (κ1) is 17.9. The molecule has 1 saturated carbocycles. The average Bonchev–Trinajstić information content (AvgIpc) is 3.20. The van der Waals surface area contributed by atoms with Crippen LogP contribution in [0.4, 0.5) is 5.69 Å². The van der Waals surface area contributed by atoms with Crippen LogP contribution in [-0.2, 0) is 16.8 Å². The van der Waals surface area contributed by atoms with Crippen LogP contribution in [0.15, 0.2) is 61.1 Å². The maximum atomic E-state index is 13.5. The summed E-state index contributed by atoms with van der Waals surface area (Å²) < 4.78 is 1.70. The second-order valence-electron chi connectivity index (χ2n) is 7.56. The first-order chi connectivity index (χ1) is 14.0. The zero-order valence-electron chi connectivity index (χ0n) is 15.5. The molecule has 1 unspecified atom stereocenters. The predicted molar refractivity (Wildman–Crippen MR) is 108 cm³/mol. The molecule has 1 spiro atoms. The number of amides is 1. The molecule has 6 nitrogen and oxygen atoms in total. The Bertz CT molecular complexity index is 1120. The van der Waals surface area contributed by atoms with Gasteiger partial charge in [-0.25, -0.2) is 9.78 Å². The maximum Gasteiger partial charge on any atom is 0.356 e. The van der Waals surface area contributed by atoms with Crippen molar-refractivity contribution in [1.29, 1.82) is 0 Å². The number of carboxylic acid groups (broad SMARTS) is 1. The molecule has 1 fully saturated rings. The number of aromatic nitrogens is 2. The molecule has 29 heavy (non-hydrogen) atoms. The van der Waals surface area contributed by atoms with Gasteiger partial charge in [-0.3, -0.25) is 4.79 Å². The van der Waals surface area contributed by atoms with E-state index in [4.69, 9.17) is 16.7 Å². The highest BCUT2D eigenvalue weighted by Gasteiger charge is 2.66. The van der Waals surface area contributed by atoms with Crippen molar-refractivity contribution in [2.45, 2.75) is 24.3 Å². The molecule has 146 valence electrons. The first-order valence-electron chi connectivity index (χ1n) is 9.43. The molecular weight excluding hydrogens is 390 g/mol. The number of aromatic carboxylic acids is 1. The van der Waals surface area contributed by atoms with Crippen molar-refractivity contribution in [3.63, 3.8) is 0 Å². The smallest absolute Gasteiger partial charge is 0.356 e. The standard InChI is InChI=1S/C22H18ClN3O3/c23-15-7-5-14(6-8-15)17-11-22(17)16-3-1-2-4-19(16)26(21(22)29)10-9-25-12-18(20(27)28)24-13-25/h1-8,12-13,17H,9-11H2,(H,27,28)/t17?,22-/m0/s1. The molecule has 1 aliphatic heterocycles. The topological polar surface area (TPSA) is 75.4 Å². The quantitative estimate of drug-likeness (QED) is 0.699. The predicted octanol–water partition coefficient (Wildman–Crippen LogP) is 3.71. The molecule has 3 aromatic rings. The van der Waals surface area contributed by atoms with Crippen LogP contribution in [0.5, 0.6) is 0 Å². The van der Waals surface area contributed by atoms with E-state index in [0.29, 0.717) is 18.1 Å². The van der Waals surface area contributed by atoms with Crippen LogP contribution in [-0.4, -0.2) is 33.1 Å². The number of hydrogen-bond donors (Lipinski definition) is 1. The summed E-state index contributed by atoms with van der Waals surface area (Å²) in [6.07, 6.45) is 3.76. The molecule has 2 aromatic carbocycles. The van der Waals surface area contributed by atoms with Gasteiger partial charge in [0.05, 0.1) is 11.7 Å². The molecule has 1 aliphatic carbocycles. The lowest BCUT2D eigenvalue weighted by Gasteiger charge is -2.18. The van der Waals surface area contributed by atoms with E-state index in [2.05, 4.69) is 4.98 Å². The average molecular weight is 408 g/mol. The van der Waals surface area contributed by atoms with E-state index >= 15 is 0 Å². The van der Waals surface area contributed by atoms with E-state index in [1.807, 2.05) is 53.4 Å². The van der Waals surface area contributed by atoms with Gasteiger partial charge < -0.3 is 14.6 Å². The fourth-order valence-electron chi connectivity index (χ4n) is 4.48. The highest BCUT2D eigenvalue weighted by Crippen LogP contribution is 2.66. The minimum Gasteiger partial charge on any atom is -0.476 e. The number of fused-ring (bicyclic) bond motifs is 2. The van der Waals surface area contributed by atoms with Gasteiger partial charge in [0.1, 0.15) is 0 Å². The van der Waals surface area contributed by atoms with Gasteiger partial charge >= 0.3 is 5.97 Å². The molecule has 5 rings (SSSR count). The summed E-state index contributed by atoms with van der Waals surface area (Å²) in [4.78, 5) is 30.2. The second-order valence-corrected chi connectivity index (χ2v) is 7.99. The summed E-state index contributed by atoms with van der Waals surface area (Å²) in [5.41, 5.74) is 2.63. The fourth-order valence-corrected chi connectivity index (χ4v) is 4.60. The van der Waals surface area contributed by atoms with Crippen molar-refractivity contribution in [3.8, 4) is 0 Å². The van der Waals surface area contributed by atoms with Crippen molar-refractivity contribution >= 4 is 29.2 Å². The fraction of sp³-hybridized carbons (Fsp3) is 0.227. The van der Waals surface area contributed by atoms with Gasteiger partial charge in [0.15, 0.2) is 5.69 Å². The van der Waals surface area contributed by atoms with Gasteiger partial charge in [0.2, 0.25) is 5.91 Å². The summed E-state index contributed by atoms with van der Waals surface area (Å²) in [5.74, 6) is -0.809. The van der Waals surface area contributed by atoms with Crippen molar-refractivity contribution < 1.29 is 14.7 Å². The number of halogens is 1. The maximum absolute atomic E-state index is 13.5. The molecule has 7 heteroatoms. The summed E-state index contributed by atoms with van der Waals surface area (Å²) in [6.45, 7) is 0.933. The van der Waals surface area contributed by atoms with Crippen molar-refractivity contribution in [3.05, 3.63) is 82.9 Å². The third-order valence-corrected chi connectivity index (χ3v) is 6.22. The summed E-state index contributed by atoms with van der Waals surface area (Å²) >= 11 is 6.02. The molecule has 0 saturated heterocycles. The largest absolute Gasteiger partial charge is 0.476 e. The highest BCUT2D eigenvalue weighted by molar-refractivity contribution is 6.30. The number of nitrogens with zero attached hydrogens (tertiary/aromatic N) is 3. The van der Waals surface area contributed by atoms with E-state index in [-0.39, 0.29) is 17.5 Å². The molecule has 1 aromatic heterocycles. The highest BCUT2D eigenvalue weighted by atomic mass is 35.5. The Kier molecular flexibility index (Phi) is 3.99. The van der Waals surface area contributed by atoms with Gasteiger partial charge in [-0.05, 0) is 35.7 Å². The van der Waals surface area contributed by atoms with E-state index in [9.17, 15) is 9.59 Å². The summed E-state index contributed by atoms with van der Waals surface area (Å²) in [7, 11) is 0. The SMILES string of the molecule is O=C(O)c1cn(CCN2C(=O)[C@@]3(CC3c3ccc(Cl)cc3)c3ccccc32)cn1. The third-order valence-electron chi connectivity index (χ3n) is 5.97. The molecule has 0 bridgehead atoms. The Labute approximate surface area is 172 Å². The van der Waals surface area contributed by atoms with Gasteiger partial charge in [-0.2, -0.15) is 0 Å². The van der Waals surface area contributed by atoms with Crippen LogP contribution in [0.1, 0.15) is 34.0 Å². The molecule has 2 atom stereocenters. The van der Waals surface area contributed by atoms with Crippen molar-refractivity contribution in [1.82, 2.24) is 9.55 Å². The number of imidazole rings is 1. The Balaban J connectivity index is 1.42. The minimum atomic E-state index is -1.06. The number of carbonyl (C=O) groups excluding carboxylic acids is 1. The number of anilines is 1. The van der Waals surface area contributed by atoms with E-state index in [1.165, 1.54) is 12.5 Å². The lowest BCUT2D eigenvalue weighted by atomic mass is 9.92. The normalized spacial score (nSPS) is 22.2. The van der Waals surface area contributed by atoms with Gasteiger partial charge in [-0.1, -0.05) is 41.9 Å². The van der Waals surface area contributed by atoms with E-state index in [0.717, 1.165) is 23.2 Å². The Hall–Kier alpha value is -3.12. The number of rotatable bonds is 5. The molecule has 1 amide bonds. The zero-order chi connectivity index (χ0) is 20.2. The lowest BCUT2D eigenvalue weighted by Crippen LogP contribution is -2.35. The molecule has 2 heterocycles. The minimum absolute atomic E-state index is 0.000357. The molecular formula is C22H18ClN3O3. The summed E-state index contributed by atoms with van der Waals surface area (Å²) in [5, 5.41) is 9.72. The van der Waals surface area contributed by atoms with Crippen LogP contribution in [0.2, 0.25) is 5.02 Å². The summed E-state index contributed by atoms with van der Waals surface area (Å²) in [6, 6.07) is 15.7. The molecule has 2 aliphatic rings. The Morgan fingerprint density at radius 2 is 1.93 bits per heavy atom. The van der Waals surface area contributed by atoms with Crippen molar-refractivity contribution in [2.24, 2.45) is 0 Å². The molecule has 1 N–H and O–H groups in total. The Morgan fingerprint density at radius 3 is 2.66 bits per heavy atom. The van der Waals surface area contributed by atoms with Crippen LogP contribution in [0, 0.1) is 0 Å². The van der Waals surface area contributed by atoms with E-state index in [1.54, 1.807) is 4.57 Å². The van der Waals surface area contributed by atoms with Crippen LogP contribution in [0.25, 0.3) is 0 Å². The first-order valence-corrected chi connectivity index (χ1v) is 9.80. The van der Waals surface area contributed by atoms with Gasteiger partial charge in [-0.15, -0.1) is 0 Å². The van der Waals surface area contributed by atoms with E-state index < -0.39 is 11.4 Å². The lowest BCUT2D eigenvalue weighted by molar-refractivity contribution is -0.120. The third kappa shape index (κ3) is 2.75. The van der Waals surface area contributed by atoms with Gasteiger partial charge in [0, 0.05) is 35.9 Å². The van der Waals surface area contributed by atoms with Crippen LogP contribution >= 0.6 is 11.6 Å². The Morgan fingerprint density at radius 1 is 1.17 bits per heavy atom. The number of hydrogen-bond acceptors (Lipinski definition) is 3. The van der Waals surface area contributed by atoms with Crippen molar-refractivity contribution in [2.75, 3.05) is 11.4 Å². The monoisotopic (exact) mass is 407 g/mol. The number of carboxylic acids is 1. The number of para-hydroxylation sites is 1. The number of benzene rings is 2. The van der Waals surface area contributed by atoms with Crippen LogP contribution < -0.4 is 4.90 Å². The second kappa shape index (κ2) is 6.46.